The van der Waals surface area contributed by atoms with Crippen molar-refractivity contribution in [2.75, 3.05) is 0 Å². The van der Waals surface area contributed by atoms with Crippen molar-refractivity contribution in [2.24, 2.45) is 17.4 Å². The van der Waals surface area contributed by atoms with Crippen molar-refractivity contribution >= 4 is 29.6 Å². The van der Waals surface area contributed by atoms with E-state index in [0.717, 1.165) is 0 Å². The number of hydrogen-bond donors (Lipinski definition) is 5. The number of hydrogen-bond acceptors (Lipinski definition) is 7. The predicted molar refractivity (Wildman–Crippen MR) is 107 cm³/mol. The summed E-state index contributed by atoms with van der Waals surface area (Å²) in [6, 6.07) is 7.48. The summed E-state index contributed by atoms with van der Waals surface area (Å²) >= 11 is 0. The van der Waals surface area contributed by atoms with Gasteiger partial charge in [0.1, 0.15) is 23.4 Å². The molecule has 1 aromatic carbocycles. The lowest BCUT2D eigenvalue weighted by molar-refractivity contribution is -0.143. The summed E-state index contributed by atoms with van der Waals surface area (Å²) in [5.74, 6) is -3.97. The molecule has 11 heteroatoms. The molecule has 11 nitrogen and oxygen atoms in total. The van der Waals surface area contributed by atoms with Crippen LogP contribution in [0.25, 0.3) is 0 Å². The minimum atomic E-state index is -1.43. The van der Waals surface area contributed by atoms with Crippen LogP contribution in [0, 0.1) is 11.3 Å². The lowest BCUT2D eigenvalue weighted by atomic mass is 10.0. The zero-order chi connectivity index (χ0) is 23.1. The Morgan fingerprint density at radius 2 is 1.77 bits per heavy atom. The summed E-state index contributed by atoms with van der Waals surface area (Å²) in [5.41, 5.74) is 10.8. The number of aliphatic carboxylic acids is 1. The number of ether oxygens (including phenoxy) is 1. The van der Waals surface area contributed by atoms with E-state index in [-0.39, 0.29) is 23.8 Å². The molecule has 0 saturated carbocycles. The van der Waals surface area contributed by atoms with Crippen molar-refractivity contribution in [3.8, 4) is 5.75 Å². The number of carboxylic acid groups (broad SMARTS) is 1. The van der Waals surface area contributed by atoms with E-state index in [2.05, 4.69) is 5.32 Å². The lowest BCUT2D eigenvalue weighted by Gasteiger charge is -2.16. The highest BCUT2D eigenvalue weighted by molar-refractivity contribution is 5.95. The molecule has 0 saturated heterocycles. The van der Waals surface area contributed by atoms with Crippen LogP contribution in [0.4, 0.5) is 0 Å². The predicted octanol–water partition coefficient (Wildman–Crippen LogP) is 0.406. The van der Waals surface area contributed by atoms with Crippen molar-refractivity contribution in [1.82, 2.24) is 5.32 Å². The fourth-order valence-electron chi connectivity index (χ4n) is 2.57. The van der Waals surface area contributed by atoms with Crippen molar-refractivity contribution in [3.05, 3.63) is 53.5 Å². The number of esters is 1. The van der Waals surface area contributed by atoms with Gasteiger partial charge in [-0.05, 0) is 36.4 Å². The Bertz CT molecular complexity index is 997. The summed E-state index contributed by atoms with van der Waals surface area (Å²) in [7, 11) is 0. The topological polar surface area (TPSA) is 199 Å². The van der Waals surface area contributed by atoms with E-state index in [4.69, 9.17) is 31.1 Å². The second kappa shape index (κ2) is 10.1. The first-order valence-corrected chi connectivity index (χ1v) is 9.13. The van der Waals surface area contributed by atoms with Gasteiger partial charge in [0, 0.05) is 17.9 Å². The van der Waals surface area contributed by atoms with Gasteiger partial charge >= 0.3 is 11.9 Å². The summed E-state index contributed by atoms with van der Waals surface area (Å²) in [6.07, 6.45) is -0.451. The third kappa shape index (κ3) is 6.70. The maximum absolute atomic E-state index is 12.2. The Kier molecular flexibility index (Phi) is 7.50. The minimum Gasteiger partial charge on any atom is -0.480 e. The zero-order valence-corrected chi connectivity index (χ0v) is 16.6. The van der Waals surface area contributed by atoms with Gasteiger partial charge in [0.05, 0.1) is 6.42 Å². The number of nitrogens with one attached hydrogen (secondary N) is 2. The number of carboxylic acids is 1. The minimum absolute atomic E-state index is 0.0787. The number of amides is 2. The molecule has 164 valence electrons. The van der Waals surface area contributed by atoms with E-state index in [1.165, 1.54) is 43.3 Å². The van der Waals surface area contributed by atoms with Crippen LogP contribution >= 0.6 is 0 Å². The molecule has 2 rings (SSSR count). The van der Waals surface area contributed by atoms with Crippen LogP contribution in [0.1, 0.15) is 35.2 Å². The number of nitrogens with two attached hydrogens (primary N) is 2. The van der Waals surface area contributed by atoms with E-state index < -0.39 is 42.1 Å². The van der Waals surface area contributed by atoms with Crippen molar-refractivity contribution < 1.29 is 33.4 Å². The first-order chi connectivity index (χ1) is 14.6. The Morgan fingerprint density at radius 1 is 1.13 bits per heavy atom. The van der Waals surface area contributed by atoms with Gasteiger partial charge in [-0.1, -0.05) is 6.92 Å². The molecule has 7 N–H and O–H groups in total. The van der Waals surface area contributed by atoms with Crippen LogP contribution in [0.3, 0.4) is 0 Å². The standard InChI is InChI=1S/C20H22N4O7/c1-10(18(26)24-14(19(27)28)9-16(21)25)8-13-6-7-15(30-13)20(29)31-12-4-2-11(3-5-12)17(22)23/h2-7,10,14H,8-9H2,1H3,(H2,21,25)(H3,22,23)(H,24,26)(H,27,28)/t10-,14-/m0/s1. The van der Waals surface area contributed by atoms with Crippen molar-refractivity contribution in [3.63, 3.8) is 0 Å². The first kappa shape index (κ1) is 23.1. The number of benzene rings is 1. The Labute approximate surface area is 176 Å². The second-order valence-corrected chi connectivity index (χ2v) is 6.77. The van der Waals surface area contributed by atoms with Crippen LogP contribution in [0.5, 0.6) is 5.75 Å². The highest BCUT2D eigenvalue weighted by Gasteiger charge is 2.25. The van der Waals surface area contributed by atoms with Crippen LogP contribution < -0.4 is 21.5 Å². The molecule has 0 spiro atoms. The maximum atomic E-state index is 12.2. The van der Waals surface area contributed by atoms with E-state index >= 15 is 0 Å². The van der Waals surface area contributed by atoms with Gasteiger partial charge in [0.15, 0.2) is 0 Å². The smallest absolute Gasteiger partial charge is 0.379 e. The van der Waals surface area contributed by atoms with Gasteiger partial charge in [-0.15, -0.1) is 0 Å². The average molecular weight is 430 g/mol. The van der Waals surface area contributed by atoms with Crippen LogP contribution in [-0.4, -0.2) is 40.7 Å². The van der Waals surface area contributed by atoms with Gasteiger partial charge < -0.3 is 31.0 Å². The molecule has 2 atom stereocenters. The summed E-state index contributed by atoms with van der Waals surface area (Å²) < 4.78 is 10.6. The Hall–Kier alpha value is -4.15. The Balaban J connectivity index is 1.95. The molecule has 31 heavy (non-hydrogen) atoms. The number of primary amides is 1. The van der Waals surface area contributed by atoms with Gasteiger partial charge in [0.25, 0.3) is 0 Å². The largest absolute Gasteiger partial charge is 0.480 e. The van der Waals surface area contributed by atoms with E-state index in [1.807, 2.05) is 0 Å². The van der Waals surface area contributed by atoms with Crippen LogP contribution in [0.15, 0.2) is 40.8 Å². The number of amidine groups is 1. The molecular weight excluding hydrogens is 408 g/mol. The molecule has 2 amide bonds. The van der Waals surface area contributed by atoms with Gasteiger partial charge in [-0.3, -0.25) is 15.0 Å². The molecule has 0 aliphatic rings. The molecule has 1 heterocycles. The SMILES string of the molecule is C[C@@H](Cc1ccc(C(=O)Oc2ccc(C(=N)N)cc2)o1)C(=O)N[C@@H](CC(N)=O)C(=O)O. The zero-order valence-electron chi connectivity index (χ0n) is 16.6. The third-order valence-electron chi connectivity index (χ3n) is 4.21. The molecule has 1 aromatic heterocycles. The quantitative estimate of drug-likeness (QED) is 0.154. The fourth-order valence-corrected chi connectivity index (χ4v) is 2.57. The molecule has 2 aromatic rings. The van der Waals surface area contributed by atoms with Gasteiger partial charge in [-0.2, -0.15) is 0 Å². The number of furan rings is 1. The van der Waals surface area contributed by atoms with E-state index in [1.54, 1.807) is 0 Å². The molecule has 0 radical (unpaired) electrons. The highest BCUT2D eigenvalue weighted by Crippen LogP contribution is 2.17. The average Bonchev–Trinajstić information content (AvgIpc) is 3.16. The lowest BCUT2D eigenvalue weighted by Crippen LogP contribution is -2.45. The maximum Gasteiger partial charge on any atom is 0.379 e. The molecule has 0 aliphatic carbocycles. The number of carbonyl (C=O) groups is 4. The highest BCUT2D eigenvalue weighted by atomic mass is 16.5. The molecule has 0 aliphatic heterocycles. The fraction of sp³-hybridized carbons (Fsp3) is 0.250. The second-order valence-electron chi connectivity index (χ2n) is 6.77. The molecule has 0 fully saturated rings. The van der Waals surface area contributed by atoms with Crippen LogP contribution in [-0.2, 0) is 20.8 Å². The van der Waals surface area contributed by atoms with Crippen molar-refractivity contribution in [1.29, 1.82) is 5.41 Å². The molecule has 0 unspecified atom stereocenters. The number of carbonyl (C=O) groups excluding carboxylic acids is 3. The summed E-state index contributed by atoms with van der Waals surface area (Å²) in [5, 5.41) is 18.6. The van der Waals surface area contributed by atoms with Crippen molar-refractivity contribution in [2.45, 2.75) is 25.8 Å². The summed E-state index contributed by atoms with van der Waals surface area (Å²) in [4.78, 5) is 46.5. The third-order valence-corrected chi connectivity index (χ3v) is 4.21. The number of nitrogen functional groups attached to an aromatic ring is 1. The van der Waals surface area contributed by atoms with E-state index in [0.29, 0.717) is 11.3 Å². The summed E-state index contributed by atoms with van der Waals surface area (Å²) in [6.45, 7) is 1.54. The molecular formula is C20H22N4O7. The van der Waals surface area contributed by atoms with Crippen LogP contribution in [0.2, 0.25) is 0 Å². The van der Waals surface area contributed by atoms with Gasteiger partial charge in [-0.25, -0.2) is 9.59 Å². The van der Waals surface area contributed by atoms with Gasteiger partial charge in [0.2, 0.25) is 17.6 Å². The van der Waals surface area contributed by atoms with E-state index in [9.17, 15) is 19.2 Å². The Morgan fingerprint density at radius 3 is 2.32 bits per heavy atom. The normalized spacial score (nSPS) is 12.4. The number of rotatable bonds is 10. The first-order valence-electron chi connectivity index (χ1n) is 9.13. The molecule has 0 bridgehead atoms. The monoisotopic (exact) mass is 430 g/mol.